The number of carbonyl (C=O) groups excluding carboxylic acids is 1. The second-order valence-corrected chi connectivity index (χ2v) is 4.95. The van der Waals surface area contributed by atoms with Crippen molar-refractivity contribution in [1.82, 2.24) is 10.7 Å². The fraction of sp³-hybridized carbons (Fsp3) is 0.250. The van der Waals surface area contributed by atoms with E-state index in [4.69, 9.17) is 5.11 Å². The lowest BCUT2D eigenvalue weighted by Gasteiger charge is -2.12. The maximum absolute atomic E-state index is 11.3. The SMILES string of the molecule is CC(=O)c1cccc(C2NN=C(SCC(=O)O)N2)c1. The molecule has 1 atom stereocenters. The van der Waals surface area contributed by atoms with Crippen molar-refractivity contribution in [2.75, 3.05) is 5.75 Å². The van der Waals surface area contributed by atoms with Gasteiger partial charge in [0.15, 0.2) is 11.0 Å². The minimum atomic E-state index is -0.892. The van der Waals surface area contributed by atoms with Crippen molar-refractivity contribution in [3.8, 4) is 0 Å². The van der Waals surface area contributed by atoms with Crippen LogP contribution in [0.1, 0.15) is 29.0 Å². The van der Waals surface area contributed by atoms with Crippen LogP contribution < -0.4 is 10.7 Å². The molecular formula is C12H13N3O3S. The van der Waals surface area contributed by atoms with E-state index in [1.807, 2.05) is 6.07 Å². The molecule has 0 aliphatic carbocycles. The summed E-state index contributed by atoms with van der Waals surface area (Å²) in [4.78, 5) is 21.8. The molecule has 6 nitrogen and oxygen atoms in total. The Kier molecular flexibility index (Phi) is 4.06. The Balaban J connectivity index is 2.00. The molecule has 19 heavy (non-hydrogen) atoms. The summed E-state index contributed by atoms with van der Waals surface area (Å²) in [6.07, 6.45) is -0.240. The minimum absolute atomic E-state index is 0.00115. The van der Waals surface area contributed by atoms with Crippen LogP contribution in [0.15, 0.2) is 29.4 Å². The van der Waals surface area contributed by atoms with Crippen LogP contribution in [0.3, 0.4) is 0 Å². The monoisotopic (exact) mass is 279 g/mol. The molecule has 1 aliphatic rings. The highest BCUT2D eigenvalue weighted by Crippen LogP contribution is 2.18. The first-order valence-corrected chi connectivity index (χ1v) is 6.60. The fourth-order valence-corrected chi connectivity index (χ4v) is 2.19. The van der Waals surface area contributed by atoms with Crippen LogP contribution in [0.25, 0.3) is 0 Å². The quantitative estimate of drug-likeness (QED) is 0.717. The highest BCUT2D eigenvalue weighted by molar-refractivity contribution is 8.14. The van der Waals surface area contributed by atoms with Crippen LogP contribution in [0, 0.1) is 0 Å². The molecule has 1 aromatic carbocycles. The van der Waals surface area contributed by atoms with Gasteiger partial charge >= 0.3 is 5.97 Å². The second kappa shape index (κ2) is 5.75. The summed E-state index contributed by atoms with van der Waals surface area (Å²) in [5.74, 6) is -0.939. The molecule has 100 valence electrons. The van der Waals surface area contributed by atoms with Gasteiger partial charge in [0.1, 0.15) is 6.17 Å². The Bertz CT molecular complexity index is 545. The average Bonchev–Trinajstić information content (AvgIpc) is 2.85. The maximum Gasteiger partial charge on any atom is 0.313 e. The van der Waals surface area contributed by atoms with Crippen LogP contribution in [-0.2, 0) is 4.79 Å². The zero-order chi connectivity index (χ0) is 13.8. The van der Waals surface area contributed by atoms with Crippen molar-refractivity contribution in [2.24, 2.45) is 5.10 Å². The Hall–Kier alpha value is -2.02. The predicted octanol–water partition coefficient (Wildman–Crippen LogP) is 1.17. The van der Waals surface area contributed by atoms with Crippen molar-refractivity contribution in [3.63, 3.8) is 0 Å². The third-order valence-corrected chi connectivity index (χ3v) is 3.40. The van der Waals surface area contributed by atoms with E-state index in [0.717, 1.165) is 17.3 Å². The zero-order valence-electron chi connectivity index (χ0n) is 10.2. The first-order chi connectivity index (χ1) is 9.06. The Morgan fingerprint density at radius 2 is 2.26 bits per heavy atom. The number of ketones is 1. The molecule has 0 amide bonds. The van der Waals surface area contributed by atoms with Gasteiger partial charge in [-0.25, -0.2) is 0 Å². The first kappa shape index (κ1) is 13.4. The number of benzene rings is 1. The van der Waals surface area contributed by atoms with Crippen LogP contribution in [0.5, 0.6) is 0 Å². The second-order valence-electron chi connectivity index (χ2n) is 3.99. The molecule has 3 N–H and O–H groups in total. The van der Waals surface area contributed by atoms with Gasteiger partial charge < -0.3 is 10.4 Å². The summed E-state index contributed by atoms with van der Waals surface area (Å²) in [5.41, 5.74) is 4.37. The lowest BCUT2D eigenvalue weighted by molar-refractivity contribution is -0.133. The van der Waals surface area contributed by atoms with E-state index >= 15 is 0 Å². The summed E-state index contributed by atoms with van der Waals surface area (Å²) in [6.45, 7) is 1.51. The molecule has 1 aliphatic heterocycles. The molecular weight excluding hydrogens is 266 g/mol. The molecule has 7 heteroatoms. The number of nitrogens with one attached hydrogen (secondary N) is 2. The highest BCUT2D eigenvalue weighted by Gasteiger charge is 2.20. The topological polar surface area (TPSA) is 90.8 Å². The standard InChI is InChI=1S/C12H13N3O3S/c1-7(16)8-3-2-4-9(5-8)11-13-12(15-14-11)19-6-10(17)18/h2-5,11,14H,6H2,1H3,(H,13,15)(H,17,18). The number of amidine groups is 1. The lowest BCUT2D eigenvalue weighted by Crippen LogP contribution is -2.26. The number of nitrogens with zero attached hydrogens (tertiary/aromatic N) is 1. The van der Waals surface area contributed by atoms with E-state index in [9.17, 15) is 9.59 Å². The number of aliphatic carboxylic acids is 1. The number of carboxylic acids is 1. The van der Waals surface area contributed by atoms with Gasteiger partial charge in [0.05, 0.1) is 5.75 Å². The summed E-state index contributed by atoms with van der Waals surface area (Å²) < 4.78 is 0. The van der Waals surface area contributed by atoms with Crippen molar-refractivity contribution in [3.05, 3.63) is 35.4 Å². The van der Waals surface area contributed by atoms with Crippen LogP contribution >= 0.6 is 11.8 Å². The number of Topliss-reactive ketones (excluding diaryl/α,β-unsaturated/α-hetero) is 1. The summed E-state index contributed by atoms with van der Waals surface area (Å²) in [7, 11) is 0. The number of rotatable bonds is 4. The Morgan fingerprint density at radius 3 is 2.95 bits per heavy atom. The number of hydrazone groups is 1. The Labute approximate surface area is 114 Å². The first-order valence-electron chi connectivity index (χ1n) is 5.61. The molecule has 0 spiro atoms. The molecule has 0 saturated carbocycles. The zero-order valence-corrected chi connectivity index (χ0v) is 11.0. The van der Waals surface area contributed by atoms with E-state index < -0.39 is 5.97 Å². The molecule has 0 fully saturated rings. The van der Waals surface area contributed by atoms with Gasteiger partial charge in [-0.3, -0.25) is 15.0 Å². The van der Waals surface area contributed by atoms with Gasteiger partial charge in [0, 0.05) is 5.56 Å². The normalized spacial score (nSPS) is 17.3. The third kappa shape index (κ3) is 3.47. The molecule has 2 rings (SSSR count). The molecule has 0 bridgehead atoms. The van der Waals surface area contributed by atoms with Crippen LogP contribution in [0.4, 0.5) is 0 Å². The number of hydrogen-bond donors (Lipinski definition) is 3. The van der Waals surface area contributed by atoms with Crippen molar-refractivity contribution >= 4 is 28.7 Å². The lowest BCUT2D eigenvalue weighted by atomic mass is 10.1. The highest BCUT2D eigenvalue weighted by atomic mass is 32.2. The van der Waals surface area contributed by atoms with Crippen LogP contribution in [-0.4, -0.2) is 27.8 Å². The van der Waals surface area contributed by atoms with Gasteiger partial charge in [0.25, 0.3) is 0 Å². The average molecular weight is 279 g/mol. The predicted molar refractivity (Wildman–Crippen MR) is 73.0 cm³/mol. The summed E-state index contributed by atoms with van der Waals surface area (Å²) >= 11 is 1.11. The molecule has 0 aromatic heterocycles. The Morgan fingerprint density at radius 1 is 1.47 bits per heavy atom. The largest absolute Gasteiger partial charge is 0.481 e. The van der Waals surface area contributed by atoms with Crippen LogP contribution in [0.2, 0.25) is 0 Å². The molecule has 1 unspecified atom stereocenters. The number of carboxylic acid groups (broad SMARTS) is 1. The molecule has 1 heterocycles. The third-order valence-electron chi connectivity index (χ3n) is 2.52. The van der Waals surface area contributed by atoms with Crippen molar-refractivity contribution < 1.29 is 14.7 Å². The summed E-state index contributed by atoms with van der Waals surface area (Å²) in [5, 5.41) is 16.2. The summed E-state index contributed by atoms with van der Waals surface area (Å²) in [6, 6.07) is 7.21. The van der Waals surface area contributed by atoms with E-state index in [1.165, 1.54) is 6.92 Å². The van der Waals surface area contributed by atoms with E-state index in [1.54, 1.807) is 18.2 Å². The van der Waals surface area contributed by atoms with Gasteiger partial charge in [-0.2, -0.15) is 5.10 Å². The van der Waals surface area contributed by atoms with E-state index in [0.29, 0.717) is 10.7 Å². The van der Waals surface area contributed by atoms with Gasteiger partial charge in [-0.15, -0.1) is 0 Å². The molecule has 0 radical (unpaired) electrons. The van der Waals surface area contributed by atoms with E-state index in [-0.39, 0.29) is 17.7 Å². The molecule has 0 saturated heterocycles. The minimum Gasteiger partial charge on any atom is -0.481 e. The maximum atomic E-state index is 11.3. The number of thioether (sulfide) groups is 1. The van der Waals surface area contributed by atoms with Gasteiger partial charge in [0.2, 0.25) is 0 Å². The van der Waals surface area contributed by atoms with Gasteiger partial charge in [-0.1, -0.05) is 30.0 Å². The van der Waals surface area contributed by atoms with E-state index in [2.05, 4.69) is 15.8 Å². The smallest absolute Gasteiger partial charge is 0.313 e. The fourth-order valence-electron chi connectivity index (χ4n) is 1.61. The number of hydrogen-bond acceptors (Lipinski definition) is 6. The molecule has 1 aromatic rings. The van der Waals surface area contributed by atoms with Crippen molar-refractivity contribution in [2.45, 2.75) is 13.1 Å². The van der Waals surface area contributed by atoms with Crippen molar-refractivity contribution in [1.29, 1.82) is 0 Å². The number of carbonyl (C=O) groups is 2. The van der Waals surface area contributed by atoms with Gasteiger partial charge in [-0.05, 0) is 18.6 Å².